The summed E-state index contributed by atoms with van der Waals surface area (Å²) < 4.78 is 5.05. The number of nitro benzene ring substituents is 1. The molecule has 0 aliphatic heterocycles. The van der Waals surface area contributed by atoms with Crippen LogP contribution in [-0.2, 0) is 0 Å². The number of hydrogen-bond donors (Lipinski definition) is 1. The molecule has 6 nitrogen and oxygen atoms in total. The molecule has 2 aromatic rings. The third kappa shape index (κ3) is 2.92. The zero-order valence-corrected chi connectivity index (χ0v) is 10.7. The van der Waals surface area contributed by atoms with Crippen molar-refractivity contribution in [2.45, 2.75) is 0 Å². The lowest BCUT2D eigenvalue weighted by atomic mass is 10.2. The molecule has 0 aliphatic rings. The van der Waals surface area contributed by atoms with Crippen molar-refractivity contribution < 1.29 is 9.66 Å². The van der Waals surface area contributed by atoms with E-state index in [4.69, 9.17) is 16.3 Å². The fourth-order valence-corrected chi connectivity index (χ4v) is 1.69. The highest BCUT2D eigenvalue weighted by atomic mass is 35.5. The molecule has 0 atom stereocenters. The highest BCUT2D eigenvalue weighted by molar-refractivity contribution is 6.33. The van der Waals surface area contributed by atoms with Crippen molar-refractivity contribution in [3.63, 3.8) is 0 Å². The predicted octanol–water partition coefficient (Wildman–Crippen LogP) is 3.40. The molecule has 0 unspecified atom stereocenters. The van der Waals surface area contributed by atoms with Crippen LogP contribution < -0.4 is 10.1 Å². The van der Waals surface area contributed by atoms with Crippen molar-refractivity contribution in [3.05, 3.63) is 51.8 Å². The first-order valence-corrected chi connectivity index (χ1v) is 5.68. The summed E-state index contributed by atoms with van der Waals surface area (Å²) in [5, 5.41) is 14.3. The quantitative estimate of drug-likeness (QED) is 0.685. The van der Waals surface area contributed by atoms with Crippen LogP contribution in [0.25, 0.3) is 0 Å². The second-order valence-electron chi connectivity index (χ2n) is 3.62. The molecule has 0 saturated carbocycles. The van der Waals surface area contributed by atoms with Crippen LogP contribution in [0.1, 0.15) is 0 Å². The standard InChI is InChI=1S/C12H10ClN3O3/c1-19-8-2-3-12(16(17)18)11(6-8)15-10-4-5-14-7-9(10)13/h2-7H,1H3,(H,14,15). The molecule has 7 heteroatoms. The first-order valence-electron chi connectivity index (χ1n) is 5.31. The predicted molar refractivity (Wildman–Crippen MR) is 72.2 cm³/mol. The maximum Gasteiger partial charge on any atom is 0.292 e. The van der Waals surface area contributed by atoms with E-state index in [1.54, 1.807) is 12.3 Å². The van der Waals surface area contributed by atoms with Gasteiger partial charge < -0.3 is 10.1 Å². The fourth-order valence-electron chi connectivity index (χ4n) is 1.52. The average molecular weight is 280 g/mol. The Bertz CT molecular complexity index is 619. The van der Waals surface area contributed by atoms with Crippen molar-refractivity contribution in [2.24, 2.45) is 0 Å². The monoisotopic (exact) mass is 279 g/mol. The van der Waals surface area contributed by atoms with E-state index in [9.17, 15) is 10.1 Å². The zero-order valence-electron chi connectivity index (χ0n) is 9.96. The molecule has 1 aromatic heterocycles. The van der Waals surface area contributed by atoms with Gasteiger partial charge in [0, 0.05) is 24.5 Å². The Balaban J connectivity index is 2.43. The van der Waals surface area contributed by atoms with Gasteiger partial charge in [0.25, 0.3) is 5.69 Å². The minimum Gasteiger partial charge on any atom is -0.497 e. The molecule has 0 radical (unpaired) electrons. The summed E-state index contributed by atoms with van der Waals surface area (Å²) in [6.07, 6.45) is 3.00. The normalized spacial score (nSPS) is 10.0. The molecule has 98 valence electrons. The summed E-state index contributed by atoms with van der Waals surface area (Å²) in [5.74, 6) is 0.512. The minimum atomic E-state index is -0.475. The van der Waals surface area contributed by atoms with Crippen LogP contribution in [-0.4, -0.2) is 17.0 Å². The molecular formula is C12H10ClN3O3. The number of nitrogens with zero attached hydrogens (tertiary/aromatic N) is 2. The second kappa shape index (κ2) is 5.53. The van der Waals surface area contributed by atoms with E-state index >= 15 is 0 Å². The van der Waals surface area contributed by atoms with E-state index in [1.165, 1.54) is 31.5 Å². The molecule has 0 amide bonds. The molecule has 0 aliphatic carbocycles. The highest BCUT2D eigenvalue weighted by Crippen LogP contribution is 2.33. The number of nitrogens with one attached hydrogen (secondary N) is 1. The van der Waals surface area contributed by atoms with Crippen LogP contribution in [0.3, 0.4) is 0 Å². The zero-order chi connectivity index (χ0) is 13.8. The summed E-state index contributed by atoms with van der Waals surface area (Å²) in [5.41, 5.74) is 0.777. The van der Waals surface area contributed by atoms with E-state index in [2.05, 4.69) is 10.3 Å². The molecule has 1 heterocycles. The Morgan fingerprint density at radius 1 is 1.37 bits per heavy atom. The van der Waals surface area contributed by atoms with E-state index in [1.807, 2.05) is 0 Å². The minimum absolute atomic E-state index is 0.0614. The number of benzene rings is 1. The van der Waals surface area contributed by atoms with Gasteiger partial charge in [0.2, 0.25) is 0 Å². The van der Waals surface area contributed by atoms with Crippen molar-refractivity contribution in [1.29, 1.82) is 0 Å². The van der Waals surface area contributed by atoms with Crippen LogP contribution in [0.4, 0.5) is 17.1 Å². The molecule has 19 heavy (non-hydrogen) atoms. The van der Waals surface area contributed by atoms with Gasteiger partial charge in [0.05, 0.1) is 22.7 Å². The van der Waals surface area contributed by atoms with Crippen molar-refractivity contribution in [2.75, 3.05) is 12.4 Å². The van der Waals surface area contributed by atoms with Crippen molar-refractivity contribution in [3.8, 4) is 5.75 Å². The summed E-state index contributed by atoms with van der Waals surface area (Å²) in [4.78, 5) is 14.3. The van der Waals surface area contributed by atoms with Gasteiger partial charge in [-0.1, -0.05) is 11.6 Å². The Kier molecular flexibility index (Phi) is 3.82. The second-order valence-corrected chi connectivity index (χ2v) is 4.03. The van der Waals surface area contributed by atoms with Gasteiger partial charge in [-0.05, 0) is 12.1 Å². The molecule has 0 bridgehead atoms. The smallest absolute Gasteiger partial charge is 0.292 e. The van der Waals surface area contributed by atoms with Gasteiger partial charge in [-0.25, -0.2) is 0 Å². The Labute approximate surface area is 114 Å². The summed E-state index contributed by atoms with van der Waals surface area (Å²) in [6.45, 7) is 0. The maximum absolute atomic E-state index is 11.0. The van der Waals surface area contributed by atoms with Gasteiger partial charge in [-0.2, -0.15) is 0 Å². The third-order valence-electron chi connectivity index (χ3n) is 2.44. The van der Waals surface area contributed by atoms with E-state index in [0.717, 1.165) is 0 Å². The van der Waals surface area contributed by atoms with Crippen LogP contribution in [0.2, 0.25) is 5.02 Å². The van der Waals surface area contributed by atoms with Crippen molar-refractivity contribution >= 4 is 28.7 Å². The fraction of sp³-hybridized carbons (Fsp3) is 0.0833. The lowest BCUT2D eigenvalue weighted by Crippen LogP contribution is -1.98. The summed E-state index contributed by atoms with van der Waals surface area (Å²) >= 11 is 5.95. The third-order valence-corrected chi connectivity index (χ3v) is 2.74. The molecular weight excluding hydrogens is 270 g/mol. The lowest BCUT2D eigenvalue weighted by molar-refractivity contribution is -0.383. The molecule has 0 saturated heterocycles. The first kappa shape index (κ1) is 13.1. The number of rotatable bonds is 4. The Morgan fingerprint density at radius 3 is 2.79 bits per heavy atom. The number of aromatic nitrogens is 1. The van der Waals surface area contributed by atoms with E-state index < -0.39 is 4.92 Å². The number of pyridine rings is 1. The average Bonchev–Trinajstić information content (AvgIpc) is 2.41. The van der Waals surface area contributed by atoms with Crippen molar-refractivity contribution in [1.82, 2.24) is 4.98 Å². The van der Waals surface area contributed by atoms with E-state index in [-0.39, 0.29) is 5.69 Å². The number of anilines is 2. The van der Waals surface area contributed by atoms with E-state index in [0.29, 0.717) is 22.1 Å². The number of ether oxygens (including phenoxy) is 1. The van der Waals surface area contributed by atoms with Crippen LogP contribution in [0.5, 0.6) is 5.75 Å². The molecule has 0 spiro atoms. The van der Waals surface area contributed by atoms with Gasteiger partial charge in [-0.15, -0.1) is 0 Å². The van der Waals surface area contributed by atoms with Gasteiger partial charge in [0.1, 0.15) is 11.4 Å². The molecule has 0 fully saturated rings. The van der Waals surface area contributed by atoms with Crippen LogP contribution in [0.15, 0.2) is 36.7 Å². The topological polar surface area (TPSA) is 77.3 Å². The highest BCUT2D eigenvalue weighted by Gasteiger charge is 2.15. The Morgan fingerprint density at radius 2 is 2.16 bits per heavy atom. The maximum atomic E-state index is 11.0. The van der Waals surface area contributed by atoms with Gasteiger partial charge in [-0.3, -0.25) is 15.1 Å². The summed E-state index contributed by atoms with van der Waals surface area (Å²) in [7, 11) is 1.49. The largest absolute Gasteiger partial charge is 0.497 e. The molecule has 1 N–H and O–H groups in total. The first-order chi connectivity index (χ1) is 9.11. The van der Waals surface area contributed by atoms with Gasteiger partial charge >= 0.3 is 0 Å². The summed E-state index contributed by atoms with van der Waals surface area (Å²) in [6, 6.07) is 6.06. The number of halogens is 1. The number of methoxy groups -OCH3 is 1. The number of nitro groups is 1. The molecule has 2 rings (SSSR count). The molecule has 1 aromatic carbocycles. The SMILES string of the molecule is COc1ccc([N+](=O)[O-])c(Nc2ccncc2Cl)c1. The lowest BCUT2D eigenvalue weighted by Gasteiger charge is -2.09. The van der Waals surface area contributed by atoms with Gasteiger partial charge in [0.15, 0.2) is 0 Å². The number of hydrogen-bond acceptors (Lipinski definition) is 5. The van der Waals surface area contributed by atoms with Crippen LogP contribution in [0, 0.1) is 10.1 Å². The van der Waals surface area contributed by atoms with Crippen LogP contribution >= 0.6 is 11.6 Å². The Hall–Kier alpha value is -2.34.